The molecule has 22 heavy (non-hydrogen) atoms. The van der Waals surface area contributed by atoms with Crippen molar-refractivity contribution in [3.63, 3.8) is 0 Å². The van der Waals surface area contributed by atoms with Gasteiger partial charge in [-0.1, -0.05) is 12.8 Å². The van der Waals surface area contributed by atoms with Gasteiger partial charge in [0.05, 0.1) is 6.10 Å². The van der Waals surface area contributed by atoms with Crippen LogP contribution >= 0.6 is 0 Å². The summed E-state index contributed by atoms with van der Waals surface area (Å²) in [5.74, 6) is 0.158. The molecule has 1 aromatic carbocycles. The van der Waals surface area contributed by atoms with Crippen LogP contribution in [-0.4, -0.2) is 41.5 Å². The summed E-state index contributed by atoms with van der Waals surface area (Å²) in [7, 11) is 1.74. The third kappa shape index (κ3) is 4.31. The Balaban J connectivity index is 1.89. The highest BCUT2D eigenvalue weighted by Gasteiger charge is 2.25. The van der Waals surface area contributed by atoms with Gasteiger partial charge in [-0.3, -0.25) is 4.79 Å². The normalized spacial score (nSPS) is 21.2. The lowest BCUT2D eigenvalue weighted by molar-refractivity contribution is 0.0575. The molecular weight excluding hydrogens is 280 g/mol. The summed E-state index contributed by atoms with van der Waals surface area (Å²) < 4.78 is 0. The molecule has 1 aliphatic carbocycles. The molecule has 1 fully saturated rings. The zero-order chi connectivity index (χ0) is 16.1. The van der Waals surface area contributed by atoms with Crippen LogP contribution < -0.4 is 5.32 Å². The molecule has 5 heteroatoms. The fraction of sp³-hybridized carbons (Fsp3) is 0.529. The van der Waals surface area contributed by atoms with Gasteiger partial charge >= 0.3 is 6.03 Å². The fourth-order valence-electron chi connectivity index (χ4n) is 2.84. The van der Waals surface area contributed by atoms with Crippen LogP contribution in [0.4, 0.5) is 10.5 Å². The maximum atomic E-state index is 12.2. The minimum absolute atomic E-state index is 0.00119. The van der Waals surface area contributed by atoms with E-state index in [1.54, 1.807) is 36.2 Å². The number of hydrogen-bond donors (Lipinski definition) is 2. The Hall–Kier alpha value is -1.88. The van der Waals surface area contributed by atoms with Crippen molar-refractivity contribution in [2.24, 2.45) is 5.92 Å². The number of amides is 2. The molecule has 120 valence electrons. The second-order valence-corrected chi connectivity index (χ2v) is 6.06. The number of urea groups is 1. The van der Waals surface area contributed by atoms with E-state index in [2.05, 4.69) is 5.32 Å². The molecule has 1 saturated carbocycles. The van der Waals surface area contributed by atoms with Crippen molar-refractivity contribution in [2.45, 2.75) is 38.7 Å². The van der Waals surface area contributed by atoms with Crippen molar-refractivity contribution in [2.75, 3.05) is 18.9 Å². The van der Waals surface area contributed by atoms with Gasteiger partial charge in [-0.25, -0.2) is 4.79 Å². The van der Waals surface area contributed by atoms with Crippen molar-refractivity contribution >= 4 is 17.5 Å². The van der Waals surface area contributed by atoms with Crippen molar-refractivity contribution in [1.82, 2.24) is 4.90 Å². The Bertz CT molecular complexity index is 527. The average Bonchev–Trinajstić information content (AvgIpc) is 2.50. The van der Waals surface area contributed by atoms with Gasteiger partial charge in [0.15, 0.2) is 5.78 Å². The van der Waals surface area contributed by atoms with Gasteiger partial charge < -0.3 is 15.3 Å². The lowest BCUT2D eigenvalue weighted by Gasteiger charge is -2.31. The quantitative estimate of drug-likeness (QED) is 0.840. The smallest absolute Gasteiger partial charge is 0.321 e. The summed E-state index contributed by atoms with van der Waals surface area (Å²) in [5, 5.41) is 12.8. The first kappa shape index (κ1) is 16.5. The van der Waals surface area contributed by atoms with Crippen LogP contribution in [0, 0.1) is 5.92 Å². The summed E-state index contributed by atoms with van der Waals surface area (Å²) in [6, 6.07) is 6.63. The van der Waals surface area contributed by atoms with Crippen molar-refractivity contribution < 1.29 is 14.7 Å². The van der Waals surface area contributed by atoms with Crippen LogP contribution in [0.25, 0.3) is 0 Å². The molecule has 1 aliphatic rings. The molecule has 2 atom stereocenters. The first-order chi connectivity index (χ1) is 10.5. The van der Waals surface area contributed by atoms with E-state index in [-0.39, 0.29) is 23.8 Å². The number of rotatable bonds is 4. The van der Waals surface area contributed by atoms with Crippen LogP contribution in [0.1, 0.15) is 43.0 Å². The Morgan fingerprint density at radius 3 is 2.45 bits per heavy atom. The van der Waals surface area contributed by atoms with Crippen LogP contribution in [0.3, 0.4) is 0 Å². The van der Waals surface area contributed by atoms with E-state index < -0.39 is 0 Å². The zero-order valence-electron chi connectivity index (χ0n) is 13.2. The van der Waals surface area contributed by atoms with Crippen molar-refractivity contribution in [3.05, 3.63) is 29.8 Å². The fourth-order valence-corrected chi connectivity index (χ4v) is 2.84. The van der Waals surface area contributed by atoms with Gasteiger partial charge in [-0.05, 0) is 44.0 Å². The van der Waals surface area contributed by atoms with E-state index in [0.717, 1.165) is 25.7 Å². The monoisotopic (exact) mass is 304 g/mol. The molecule has 1 aromatic rings. The molecule has 0 aliphatic heterocycles. The highest BCUT2D eigenvalue weighted by Crippen LogP contribution is 2.25. The van der Waals surface area contributed by atoms with E-state index in [1.807, 2.05) is 0 Å². The number of nitrogens with zero attached hydrogens (tertiary/aromatic N) is 1. The SMILES string of the molecule is CC(=O)c1ccc(NC(=O)N(C)CC2CCCCC2O)cc1. The Morgan fingerprint density at radius 2 is 1.86 bits per heavy atom. The maximum Gasteiger partial charge on any atom is 0.321 e. The molecule has 0 bridgehead atoms. The molecule has 0 heterocycles. The van der Waals surface area contributed by atoms with Crippen LogP contribution in [0.2, 0.25) is 0 Å². The molecule has 0 aromatic heterocycles. The van der Waals surface area contributed by atoms with Gasteiger partial charge in [-0.2, -0.15) is 0 Å². The lowest BCUT2D eigenvalue weighted by Crippen LogP contribution is -2.40. The molecule has 0 saturated heterocycles. The number of ketones is 1. The van der Waals surface area contributed by atoms with Gasteiger partial charge in [0, 0.05) is 30.8 Å². The Kier molecular flexibility index (Phi) is 5.55. The second-order valence-electron chi connectivity index (χ2n) is 6.06. The van der Waals surface area contributed by atoms with E-state index in [4.69, 9.17) is 0 Å². The third-order valence-corrected chi connectivity index (χ3v) is 4.27. The minimum atomic E-state index is -0.307. The summed E-state index contributed by atoms with van der Waals surface area (Å²) >= 11 is 0. The van der Waals surface area contributed by atoms with Gasteiger partial charge in [0.2, 0.25) is 0 Å². The molecule has 0 spiro atoms. The number of benzene rings is 1. The third-order valence-electron chi connectivity index (χ3n) is 4.27. The number of carbonyl (C=O) groups is 2. The van der Waals surface area contributed by atoms with E-state index >= 15 is 0 Å². The number of hydrogen-bond acceptors (Lipinski definition) is 3. The summed E-state index contributed by atoms with van der Waals surface area (Å²) in [4.78, 5) is 25.0. The highest BCUT2D eigenvalue weighted by molar-refractivity contribution is 5.95. The minimum Gasteiger partial charge on any atom is -0.393 e. The molecule has 2 rings (SSSR count). The number of aliphatic hydroxyl groups is 1. The second kappa shape index (κ2) is 7.40. The first-order valence-electron chi connectivity index (χ1n) is 7.78. The largest absolute Gasteiger partial charge is 0.393 e. The Morgan fingerprint density at radius 1 is 1.23 bits per heavy atom. The van der Waals surface area contributed by atoms with Gasteiger partial charge in [0.1, 0.15) is 0 Å². The van der Waals surface area contributed by atoms with Gasteiger partial charge in [-0.15, -0.1) is 0 Å². The number of nitrogens with one attached hydrogen (secondary N) is 1. The van der Waals surface area contributed by atoms with Crippen molar-refractivity contribution in [1.29, 1.82) is 0 Å². The summed E-state index contributed by atoms with van der Waals surface area (Å²) in [6.07, 6.45) is 3.66. The zero-order valence-corrected chi connectivity index (χ0v) is 13.2. The topological polar surface area (TPSA) is 69.6 Å². The standard InChI is InChI=1S/C17H24N2O3/c1-12(20)13-7-9-15(10-8-13)18-17(22)19(2)11-14-5-3-4-6-16(14)21/h7-10,14,16,21H,3-6,11H2,1-2H3,(H,18,22). The predicted octanol–water partition coefficient (Wildman–Crippen LogP) is 2.90. The van der Waals surface area contributed by atoms with Crippen LogP contribution in [0.5, 0.6) is 0 Å². The molecule has 2 unspecified atom stereocenters. The van der Waals surface area contributed by atoms with Crippen molar-refractivity contribution in [3.8, 4) is 0 Å². The van der Waals surface area contributed by atoms with E-state index in [9.17, 15) is 14.7 Å². The number of anilines is 1. The first-order valence-corrected chi connectivity index (χ1v) is 7.78. The summed E-state index contributed by atoms with van der Waals surface area (Å²) in [6.45, 7) is 2.06. The molecule has 2 amide bonds. The number of carbonyl (C=O) groups excluding carboxylic acids is 2. The lowest BCUT2D eigenvalue weighted by atomic mass is 9.86. The van der Waals surface area contributed by atoms with Crippen LogP contribution in [0.15, 0.2) is 24.3 Å². The molecule has 0 radical (unpaired) electrons. The maximum absolute atomic E-state index is 12.2. The van der Waals surface area contributed by atoms with E-state index in [1.165, 1.54) is 6.92 Å². The number of aliphatic hydroxyl groups excluding tert-OH is 1. The molecule has 5 nitrogen and oxygen atoms in total. The van der Waals surface area contributed by atoms with Gasteiger partial charge in [0.25, 0.3) is 0 Å². The predicted molar refractivity (Wildman–Crippen MR) is 86.1 cm³/mol. The number of Topliss-reactive ketones (excluding diaryl/α,β-unsaturated/α-hetero) is 1. The highest BCUT2D eigenvalue weighted by atomic mass is 16.3. The molecule has 2 N–H and O–H groups in total. The molecular formula is C17H24N2O3. The van der Waals surface area contributed by atoms with E-state index in [0.29, 0.717) is 17.8 Å². The Labute approximate surface area is 131 Å². The summed E-state index contributed by atoms with van der Waals surface area (Å²) in [5.41, 5.74) is 1.28. The van der Waals surface area contributed by atoms with Crippen LogP contribution in [-0.2, 0) is 0 Å². The average molecular weight is 304 g/mol.